The Morgan fingerprint density at radius 3 is 1.67 bits per heavy atom. The number of nitrogens with zero attached hydrogens (tertiary/aromatic N) is 1. The first-order valence-electron chi connectivity index (χ1n) is 3.15. The van der Waals surface area contributed by atoms with Crippen LogP contribution in [0.5, 0.6) is 0 Å². The van der Waals surface area contributed by atoms with Crippen molar-refractivity contribution in [2.75, 3.05) is 0 Å². The van der Waals surface area contributed by atoms with Gasteiger partial charge in [-0.15, -0.1) is 0 Å². The minimum atomic E-state index is -6.06. The van der Waals surface area contributed by atoms with Crippen molar-refractivity contribution in [2.45, 2.75) is 22.2 Å². The second kappa shape index (κ2) is 2.91. The molecule has 0 atom stereocenters. The molecular weight excluding hydrogens is 278 g/mol. The molecule has 0 aromatic carbocycles. The highest BCUT2D eigenvalue weighted by atomic mass is 35.5. The molecule has 88 valence electrons. The molecule has 0 aromatic rings. The number of hydrogen-bond acceptors (Lipinski definition) is 1. The maximum absolute atomic E-state index is 12.7. The van der Waals surface area contributed by atoms with Crippen LogP contribution >= 0.6 is 23.2 Å². The van der Waals surface area contributed by atoms with Crippen LogP contribution in [0.4, 0.5) is 30.7 Å². The van der Waals surface area contributed by atoms with Gasteiger partial charge in [-0.05, 0) is 0 Å². The van der Waals surface area contributed by atoms with Crippen molar-refractivity contribution >= 4 is 29.2 Å². The third kappa shape index (κ3) is 1.33. The Morgan fingerprint density at radius 1 is 0.867 bits per heavy atom. The average molecular weight is 278 g/mol. The summed E-state index contributed by atoms with van der Waals surface area (Å²) < 4.78 is 83.4. The molecule has 0 saturated carbocycles. The van der Waals surface area contributed by atoms with E-state index in [2.05, 4.69) is 23.2 Å². The van der Waals surface area contributed by atoms with E-state index in [1.54, 1.807) is 0 Å². The van der Waals surface area contributed by atoms with Gasteiger partial charge in [0.1, 0.15) is 0 Å². The summed E-state index contributed by atoms with van der Waals surface area (Å²) in [5, 5.41) is 0. The van der Waals surface area contributed by atoms with E-state index in [4.69, 9.17) is 0 Å². The fourth-order valence-corrected chi connectivity index (χ4v) is 1.17. The van der Waals surface area contributed by atoms with Crippen LogP contribution in [0.3, 0.4) is 0 Å². The van der Waals surface area contributed by atoms with Gasteiger partial charge in [0.05, 0.1) is 0 Å². The van der Waals surface area contributed by atoms with Gasteiger partial charge < -0.3 is 0 Å². The smallest absolute Gasteiger partial charge is 0.211 e. The topological polar surface area (TPSA) is 12.4 Å². The predicted octanol–water partition coefficient (Wildman–Crippen LogP) is 3.41. The molecule has 0 aliphatic carbocycles. The first-order valence-corrected chi connectivity index (χ1v) is 3.90. The van der Waals surface area contributed by atoms with E-state index in [1.807, 2.05) is 4.99 Å². The van der Waals surface area contributed by atoms with Crippen LogP contribution in [-0.4, -0.2) is 28.2 Å². The molecule has 0 radical (unpaired) electrons. The third-order valence-corrected chi connectivity index (χ3v) is 2.31. The molecule has 0 N–H and O–H groups in total. The van der Waals surface area contributed by atoms with E-state index in [9.17, 15) is 30.7 Å². The standard InChI is InChI=1S/C5Cl2F7N/c6-5(7)4(13,14)3(11,12)2(9,10)1(8)15-5. The van der Waals surface area contributed by atoms with Gasteiger partial charge in [-0.25, -0.2) is 4.99 Å². The molecule has 0 bridgehead atoms. The van der Waals surface area contributed by atoms with Crippen molar-refractivity contribution in [3.05, 3.63) is 0 Å². The number of aliphatic imine (C=N–C) groups is 1. The van der Waals surface area contributed by atoms with E-state index in [-0.39, 0.29) is 0 Å². The molecule has 0 saturated heterocycles. The van der Waals surface area contributed by atoms with E-state index in [1.165, 1.54) is 0 Å². The van der Waals surface area contributed by atoms with Crippen LogP contribution in [0.25, 0.3) is 0 Å². The number of hydrogen-bond donors (Lipinski definition) is 0. The fourth-order valence-electron chi connectivity index (χ4n) is 0.779. The predicted molar refractivity (Wildman–Crippen MR) is 37.8 cm³/mol. The second-order valence-electron chi connectivity index (χ2n) is 2.67. The second-order valence-corrected chi connectivity index (χ2v) is 3.95. The van der Waals surface area contributed by atoms with Crippen molar-refractivity contribution in [1.82, 2.24) is 0 Å². The molecule has 0 unspecified atom stereocenters. The Balaban J connectivity index is 3.49. The lowest BCUT2D eigenvalue weighted by atomic mass is 10.0. The zero-order valence-electron chi connectivity index (χ0n) is 6.35. The SMILES string of the molecule is FC1=NC(Cl)(Cl)C(F)(F)C(F)(F)C1(F)F. The molecule has 1 aliphatic rings. The normalized spacial score (nSPS) is 30.9. The Kier molecular flexibility index (Phi) is 2.49. The Morgan fingerprint density at radius 2 is 1.27 bits per heavy atom. The summed E-state index contributed by atoms with van der Waals surface area (Å²) in [7, 11) is 0. The first kappa shape index (κ1) is 12.8. The molecule has 1 rings (SSSR count). The molecule has 0 spiro atoms. The van der Waals surface area contributed by atoms with Crippen molar-refractivity contribution in [3.8, 4) is 0 Å². The van der Waals surface area contributed by atoms with Gasteiger partial charge in [0.2, 0.25) is 0 Å². The largest absolute Gasteiger partial charge is 0.385 e. The zero-order valence-corrected chi connectivity index (χ0v) is 7.86. The van der Waals surface area contributed by atoms with Gasteiger partial charge in [0.25, 0.3) is 10.4 Å². The van der Waals surface area contributed by atoms with Crippen molar-refractivity contribution < 1.29 is 30.7 Å². The van der Waals surface area contributed by atoms with Crippen LogP contribution < -0.4 is 0 Å². The summed E-state index contributed by atoms with van der Waals surface area (Å²) >= 11 is 9.09. The highest BCUT2D eigenvalue weighted by Gasteiger charge is 2.83. The molecule has 10 heteroatoms. The van der Waals surface area contributed by atoms with E-state index in [0.717, 1.165) is 0 Å². The molecule has 0 amide bonds. The van der Waals surface area contributed by atoms with Crippen LogP contribution in [0.1, 0.15) is 0 Å². The van der Waals surface area contributed by atoms with Crippen LogP contribution in [0.15, 0.2) is 4.99 Å². The lowest BCUT2D eigenvalue weighted by Gasteiger charge is -2.39. The monoisotopic (exact) mass is 277 g/mol. The van der Waals surface area contributed by atoms with Crippen molar-refractivity contribution in [2.24, 2.45) is 4.99 Å². The average Bonchev–Trinajstić information content (AvgIpc) is 2.00. The minimum Gasteiger partial charge on any atom is -0.211 e. The molecule has 15 heavy (non-hydrogen) atoms. The maximum Gasteiger partial charge on any atom is 0.385 e. The third-order valence-electron chi connectivity index (χ3n) is 1.66. The molecule has 1 aliphatic heterocycles. The summed E-state index contributed by atoms with van der Waals surface area (Å²) in [6.07, 6.45) is 0. The minimum absolute atomic E-state index is 1.82. The number of halogens is 9. The summed E-state index contributed by atoms with van der Waals surface area (Å²) in [5.74, 6) is -20.4. The fraction of sp³-hybridized carbons (Fsp3) is 0.800. The first-order chi connectivity index (χ1) is 6.38. The lowest BCUT2D eigenvalue weighted by molar-refractivity contribution is -0.297. The summed E-state index contributed by atoms with van der Waals surface area (Å²) in [4.78, 5) is 1.82. The van der Waals surface area contributed by atoms with E-state index in [0.29, 0.717) is 0 Å². The van der Waals surface area contributed by atoms with E-state index < -0.39 is 28.2 Å². The molecular formula is C5Cl2F7N. The quantitative estimate of drug-likeness (QED) is 0.366. The molecule has 1 nitrogen and oxygen atoms in total. The Labute approximate surface area is 87.9 Å². The molecule has 1 heterocycles. The van der Waals surface area contributed by atoms with Crippen LogP contribution in [0, 0.1) is 0 Å². The van der Waals surface area contributed by atoms with Crippen LogP contribution in [-0.2, 0) is 0 Å². The number of rotatable bonds is 0. The van der Waals surface area contributed by atoms with E-state index >= 15 is 0 Å². The summed E-state index contributed by atoms with van der Waals surface area (Å²) in [6, 6.07) is 0. The Hall–Kier alpha value is -0.240. The highest BCUT2D eigenvalue weighted by Crippen LogP contribution is 2.58. The van der Waals surface area contributed by atoms with Crippen LogP contribution in [0.2, 0.25) is 0 Å². The maximum atomic E-state index is 12.7. The Bertz CT molecular complexity index is 323. The summed E-state index contributed by atoms with van der Waals surface area (Å²) in [6.45, 7) is 0. The zero-order chi connectivity index (χ0) is 12.3. The summed E-state index contributed by atoms with van der Waals surface area (Å²) in [5.41, 5.74) is 0. The van der Waals surface area contributed by atoms with Crippen molar-refractivity contribution in [3.63, 3.8) is 0 Å². The molecule has 0 fully saturated rings. The van der Waals surface area contributed by atoms with Gasteiger partial charge in [-0.1, -0.05) is 23.2 Å². The van der Waals surface area contributed by atoms with Gasteiger partial charge in [-0.2, -0.15) is 30.7 Å². The van der Waals surface area contributed by atoms with Gasteiger partial charge in [0.15, 0.2) is 0 Å². The van der Waals surface area contributed by atoms with Crippen molar-refractivity contribution in [1.29, 1.82) is 0 Å². The van der Waals surface area contributed by atoms with Gasteiger partial charge in [0, 0.05) is 0 Å². The van der Waals surface area contributed by atoms with Gasteiger partial charge >= 0.3 is 17.8 Å². The lowest BCUT2D eigenvalue weighted by Crippen LogP contribution is -2.66. The molecule has 0 aromatic heterocycles. The number of alkyl halides is 8. The van der Waals surface area contributed by atoms with Gasteiger partial charge in [-0.3, -0.25) is 0 Å². The highest BCUT2D eigenvalue weighted by molar-refractivity contribution is 6.49.